The van der Waals surface area contributed by atoms with Crippen LogP contribution in [0.15, 0.2) is 70.3 Å². The molecule has 1 aromatic heterocycles. The third-order valence-corrected chi connectivity index (χ3v) is 6.04. The molecule has 0 amide bonds. The molecule has 0 saturated heterocycles. The number of hydrogen-bond acceptors (Lipinski definition) is 7. The van der Waals surface area contributed by atoms with Crippen LogP contribution in [0.25, 0.3) is 17.1 Å². The molecule has 0 atom stereocenters. The molecule has 0 fully saturated rings. The zero-order chi connectivity index (χ0) is 20.6. The Kier molecular flexibility index (Phi) is 4.69. The van der Waals surface area contributed by atoms with Crippen LogP contribution < -0.4 is 0 Å². The topological polar surface area (TPSA) is 102 Å². The first-order chi connectivity index (χ1) is 13.8. The highest BCUT2D eigenvalue weighted by molar-refractivity contribution is 7.89. The molecule has 29 heavy (non-hydrogen) atoms. The van der Waals surface area contributed by atoms with E-state index in [0.717, 1.165) is 9.82 Å². The van der Waals surface area contributed by atoms with Crippen molar-refractivity contribution < 1.29 is 17.9 Å². The summed E-state index contributed by atoms with van der Waals surface area (Å²) in [4.78, 5) is 25.3. The van der Waals surface area contributed by atoms with E-state index in [1.54, 1.807) is 18.3 Å². The molecule has 0 N–H and O–H groups in total. The normalized spacial score (nSPS) is 15.8. The lowest BCUT2D eigenvalue weighted by Crippen LogP contribution is -2.22. The first-order valence-corrected chi connectivity index (χ1v) is 10.1. The van der Waals surface area contributed by atoms with E-state index in [9.17, 15) is 13.2 Å². The van der Waals surface area contributed by atoms with Gasteiger partial charge in [-0.25, -0.2) is 27.5 Å². The molecule has 1 aliphatic heterocycles. The van der Waals surface area contributed by atoms with E-state index in [-0.39, 0.29) is 16.5 Å². The number of carbonyl (C=O) groups excluding carboxylic acids is 1. The summed E-state index contributed by atoms with van der Waals surface area (Å²) in [6, 6.07) is 13.5. The van der Waals surface area contributed by atoms with Crippen LogP contribution in [0.1, 0.15) is 11.3 Å². The van der Waals surface area contributed by atoms with E-state index < -0.39 is 16.0 Å². The van der Waals surface area contributed by atoms with Crippen molar-refractivity contribution >= 4 is 39.0 Å². The Morgan fingerprint density at radius 1 is 1.03 bits per heavy atom. The second-order valence-corrected chi connectivity index (χ2v) is 8.59. The number of aromatic nitrogens is 2. The molecular weight excluding hydrogens is 392 g/mol. The van der Waals surface area contributed by atoms with Crippen LogP contribution in [0.3, 0.4) is 0 Å². The SMILES string of the molecule is CN(C)S(=O)(=O)c1cccc(C2=N/C(=C\c3cnc4ccccc4n3)C(=O)O2)c1. The number of benzene rings is 2. The van der Waals surface area contributed by atoms with Crippen LogP contribution in [0, 0.1) is 0 Å². The summed E-state index contributed by atoms with van der Waals surface area (Å²) >= 11 is 0. The predicted molar refractivity (Wildman–Crippen MR) is 107 cm³/mol. The fourth-order valence-corrected chi connectivity index (χ4v) is 3.66. The average molecular weight is 408 g/mol. The number of cyclic esters (lactones) is 1. The molecule has 0 aliphatic carbocycles. The summed E-state index contributed by atoms with van der Waals surface area (Å²) in [7, 11) is -0.730. The molecule has 8 nitrogen and oxygen atoms in total. The summed E-state index contributed by atoms with van der Waals surface area (Å²) in [5.41, 5.74) is 2.34. The van der Waals surface area contributed by atoms with E-state index in [1.165, 1.54) is 32.3 Å². The maximum atomic E-state index is 12.3. The van der Waals surface area contributed by atoms with E-state index in [0.29, 0.717) is 16.8 Å². The van der Waals surface area contributed by atoms with Gasteiger partial charge in [-0.15, -0.1) is 0 Å². The lowest BCUT2D eigenvalue weighted by Gasteiger charge is -2.11. The van der Waals surface area contributed by atoms with Gasteiger partial charge in [0.15, 0.2) is 5.70 Å². The second kappa shape index (κ2) is 7.19. The second-order valence-electron chi connectivity index (χ2n) is 6.43. The predicted octanol–water partition coefficient (Wildman–Crippen LogP) is 2.22. The van der Waals surface area contributed by atoms with Crippen molar-refractivity contribution in [3.8, 4) is 0 Å². The minimum Gasteiger partial charge on any atom is -0.402 e. The summed E-state index contributed by atoms with van der Waals surface area (Å²) in [5.74, 6) is -0.610. The molecule has 9 heteroatoms. The van der Waals surface area contributed by atoms with Crippen LogP contribution in [0.5, 0.6) is 0 Å². The summed E-state index contributed by atoms with van der Waals surface area (Å²) in [5, 5.41) is 0. The zero-order valence-corrected chi connectivity index (χ0v) is 16.4. The van der Waals surface area contributed by atoms with E-state index in [1.807, 2.05) is 24.3 Å². The molecule has 0 saturated carbocycles. The van der Waals surface area contributed by atoms with Crippen molar-refractivity contribution in [1.82, 2.24) is 14.3 Å². The fraction of sp³-hybridized carbons (Fsp3) is 0.100. The quantitative estimate of drug-likeness (QED) is 0.485. The monoisotopic (exact) mass is 408 g/mol. The number of nitrogens with zero attached hydrogens (tertiary/aromatic N) is 4. The maximum absolute atomic E-state index is 12.3. The summed E-state index contributed by atoms with van der Waals surface area (Å²) in [6.07, 6.45) is 3.02. The Morgan fingerprint density at radius 2 is 1.79 bits per heavy atom. The van der Waals surface area contributed by atoms with E-state index in [4.69, 9.17) is 4.74 Å². The third-order valence-electron chi connectivity index (χ3n) is 4.23. The molecule has 3 aromatic rings. The van der Waals surface area contributed by atoms with Crippen LogP contribution in [-0.2, 0) is 19.6 Å². The third kappa shape index (κ3) is 3.65. The molecule has 0 bridgehead atoms. The number of esters is 1. The van der Waals surface area contributed by atoms with Gasteiger partial charge in [0.2, 0.25) is 15.9 Å². The molecule has 0 spiro atoms. The lowest BCUT2D eigenvalue weighted by molar-refractivity contribution is -0.129. The van der Waals surface area contributed by atoms with Crippen molar-refractivity contribution in [3.05, 3.63) is 71.7 Å². The van der Waals surface area contributed by atoms with Gasteiger partial charge in [0.05, 0.1) is 27.8 Å². The van der Waals surface area contributed by atoms with E-state index in [2.05, 4.69) is 15.0 Å². The average Bonchev–Trinajstić information content (AvgIpc) is 3.08. The van der Waals surface area contributed by atoms with Gasteiger partial charge < -0.3 is 4.74 Å². The van der Waals surface area contributed by atoms with Gasteiger partial charge in [-0.05, 0) is 36.4 Å². The Hall–Kier alpha value is -3.43. The minimum absolute atomic E-state index is 0.0332. The first kappa shape index (κ1) is 18.9. The highest BCUT2D eigenvalue weighted by Crippen LogP contribution is 2.22. The number of para-hydroxylation sites is 2. The Balaban J connectivity index is 1.69. The minimum atomic E-state index is -3.62. The number of aliphatic imine (C=N–C) groups is 1. The van der Waals surface area contributed by atoms with Gasteiger partial charge in [-0.1, -0.05) is 18.2 Å². The van der Waals surface area contributed by atoms with Gasteiger partial charge in [0.25, 0.3) is 0 Å². The molecule has 2 heterocycles. The van der Waals surface area contributed by atoms with Crippen LogP contribution >= 0.6 is 0 Å². The number of carbonyl (C=O) groups is 1. The lowest BCUT2D eigenvalue weighted by atomic mass is 10.2. The molecule has 1 aliphatic rings. The Bertz CT molecular complexity index is 1300. The fourth-order valence-electron chi connectivity index (χ4n) is 2.71. The maximum Gasteiger partial charge on any atom is 0.363 e. The summed E-state index contributed by atoms with van der Waals surface area (Å²) < 4.78 is 31.0. The number of fused-ring (bicyclic) bond motifs is 1. The van der Waals surface area contributed by atoms with Gasteiger partial charge in [0.1, 0.15) is 0 Å². The van der Waals surface area contributed by atoms with Crippen molar-refractivity contribution in [2.45, 2.75) is 4.90 Å². The number of sulfonamides is 1. The van der Waals surface area contributed by atoms with Gasteiger partial charge >= 0.3 is 5.97 Å². The van der Waals surface area contributed by atoms with E-state index >= 15 is 0 Å². The van der Waals surface area contributed by atoms with Crippen LogP contribution in [0.4, 0.5) is 0 Å². The molecule has 2 aromatic carbocycles. The molecular formula is C20H16N4O4S. The molecule has 4 rings (SSSR count). The zero-order valence-electron chi connectivity index (χ0n) is 15.6. The van der Waals surface area contributed by atoms with Crippen molar-refractivity contribution in [1.29, 1.82) is 0 Å². The number of rotatable bonds is 4. The highest BCUT2D eigenvalue weighted by atomic mass is 32.2. The van der Waals surface area contributed by atoms with Crippen LogP contribution in [-0.4, -0.2) is 48.7 Å². The summed E-state index contributed by atoms with van der Waals surface area (Å²) in [6.45, 7) is 0. The standard InChI is InChI=1S/C20H16N4O4S/c1-24(2)29(26,27)15-7-5-6-13(10-15)19-23-18(20(25)28-19)11-14-12-21-16-8-3-4-9-17(16)22-14/h3-12H,1-2H3/b18-11-. The van der Waals surface area contributed by atoms with Crippen molar-refractivity contribution in [2.75, 3.05) is 14.1 Å². The van der Waals surface area contributed by atoms with Gasteiger partial charge in [-0.3, -0.25) is 4.98 Å². The van der Waals surface area contributed by atoms with Gasteiger partial charge in [0, 0.05) is 19.7 Å². The Labute approximate surface area is 167 Å². The highest BCUT2D eigenvalue weighted by Gasteiger charge is 2.26. The van der Waals surface area contributed by atoms with Crippen molar-refractivity contribution in [2.24, 2.45) is 4.99 Å². The largest absolute Gasteiger partial charge is 0.402 e. The molecule has 146 valence electrons. The first-order valence-electron chi connectivity index (χ1n) is 8.62. The molecule has 0 unspecified atom stereocenters. The van der Waals surface area contributed by atoms with Crippen LogP contribution in [0.2, 0.25) is 0 Å². The number of hydrogen-bond donors (Lipinski definition) is 0. The Morgan fingerprint density at radius 3 is 2.55 bits per heavy atom. The number of ether oxygens (including phenoxy) is 1. The van der Waals surface area contributed by atoms with Crippen molar-refractivity contribution in [3.63, 3.8) is 0 Å². The smallest absolute Gasteiger partial charge is 0.363 e. The van der Waals surface area contributed by atoms with Gasteiger partial charge in [-0.2, -0.15) is 0 Å². The molecule has 0 radical (unpaired) electrons.